The summed E-state index contributed by atoms with van der Waals surface area (Å²) in [6.07, 6.45) is -3.70. The van der Waals surface area contributed by atoms with E-state index >= 15 is 0 Å². The summed E-state index contributed by atoms with van der Waals surface area (Å²) in [5.74, 6) is -1.13. The Morgan fingerprint density at radius 2 is 1.68 bits per heavy atom. The molecule has 1 saturated heterocycles. The molecule has 0 bridgehead atoms. The molecule has 4 rings (SSSR count). The lowest BCUT2D eigenvalue weighted by Crippen LogP contribution is -2.36. The van der Waals surface area contributed by atoms with Crippen LogP contribution in [0.4, 0.5) is 41.6 Å². The van der Waals surface area contributed by atoms with Crippen LogP contribution in [0.15, 0.2) is 54.6 Å². The number of amides is 2. The van der Waals surface area contributed by atoms with Crippen LogP contribution in [-0.2, 0) is 10.9 Å². The molecule has 0 radical (unpaired) electrons. The van der Waals surface area contributed by atoms with Gasteiger partial charge in [0.25, 0.3) is 11.8 Å². The molecule has 1 fully saturated rings. The van der Waals surface area contributed by atoms with E-state index in [1.54, 1.807) is 42.2 Å². The topological polar surface area (TPSA) is 103 Å². The van der Waals surface area contributed by atoms with Gasteiger partial charge >= 0.3 is 6.18 Å². The molecule has 12 heteroatoms. The number of morpholine rings is 1. The van der Waals surface area contributed by atoms with Gasteiger partial charge in [0.2, 0.25) is 0 Å². The number of nitrogens with zero attached hydrogens (tertiary/aromatic N) is 3. The predicted octanol–water partition coefficient (Wildman–Crippen LogP) is 5.33. The first-order chi connectivity index (χ1) is 20.8. The maximum atomic E-state index is 13.7. The molecular formula is C32H39F3N6O3. The van der Waals surface area contributed by atoms with E-state index in [0.717, 1.165) is 42.9 Å². The van der Waals surface area contributed by atoms with Gasteiger partial charge in [-0.1, -0.05) is 12.1 Å². The van der Waals surface area contributed by atoms with Crippen LogP contribution >= 0.6 is 0 Å². The smallest absolute Gasteiger partial charge is 0.396 e. The molecule has 9 nitrogen and oxygen atoms in total. The summed E-state index contributed by atoms with van der Waals surface area (Å²) in [6.45, 7) is 5.08. The van der Waals surface area contributed by atoms with E-state index in [-0.39, 0.29) is 5.56 Å². The third-order valence-corrected chi connectivity index (χ3v) is 7.46. The Balaban J connectivity index is 1.52. The molecule has 44 heavy (non-hydrogen) atoms. The molecular weight excluding hydrogens is 573 g/mol. The third-order valence-electron chi connectivity index (χ3n) is 7.46. The van der Waals surface area contributed by atoms with Crippen molar-refractivity contribution in [3.63, 3.8) is 0 Å². The molecule has 1 heterocycles. The predicted molar refractivity (Wildman–Crippen MR) is 169 cm³/mol. The summed E-state index contributed by atoms with van der Waals surface area (Å²) in [5, 5.41) is 5.54. The minimum Gasteiger partial charge on any atom is -0.396 e. The average molecular weight is 613 g/mol. The molecule has 2 amide bonds. The first kappa shape index (κ1) is 32.6. The van der Waals surface area contributed by atoms with E-state index in [1.807, 2.05) is 32.1 Å². The number of rotatable bonds is 10. The van der Waals surface area contributed by atoms with E-state index in [2.05, 4.69) is 15.5 Å². The number of para-hydroxylation sites is 1. The molecule has 0 atom stereocenters. The molecule has 0 spiro atoms. The lowest BCUT2D eigenvalue weighted by atomic mass is 10.1. The number of nitrogens with one attached hydrogen (secondary N) is 2. The molecule has 1 aliphatic heterocycles. The van der Waals surface area contributed by atoms with Crippen LogP contribution in [0.25, 0.3) is 0 Å². The van der Waals surface area contributed by atoms with E-state index in [0.29, 0.717) is 54.6 Å². The van der Waals surface area contributed by atoms with Crippen LogP contribution in [0.2, 0.25) is 0 Å². The van der Waals surface area contributed by atoms with Gasteiger partial charge in [-0.15, -0.1) is 0 Å². The van der Waals surface area contributed by atoms with Crippen molar-refractivity contribution in [3.05, 3.63) is 76.9 Å². The van der Waals surface area contributed by atoms with Crippen LogP contribution in [0, 0.1) is 6.92 Å². The van der Waals surface area contributed by atoms with Gasteiger partial charge in [0, 0.05) is 49.3 Å². The van der Waals surface area contributed by atoms with Crippen LogP contribution in [0.1, 0.15) is 38.3 Å². The minimum absolute atomic E-state index is 0.133. The highest BCUT2D eigenvalue weighted by atomic mass is 19.4. The maximum Gasteiger partial charge on any atom is 0.416 e. The number of carbonyl (C=O) groups is 2. The van der Waals surface area contributed by atoms with Crippen LogP contribution < -0.4 is 26.2 Å². The Bertz CT molecular complexity index is 1490. The van der Waals surface area contributed by atoms with Gasteiger partial charge in [-0.05, 0) is 82.0 Å². The summed E-state index contributed by atoms with van der Waals surface area (Å²) in [7, 11) is 5.94. The summed E-state index contributed by atoms with van der Waals surface area (Å²) < 4.78 is 46.5. The summed E-state index contributed by atoms with van der Waals surface area (Å²) in [4.78, 5) is 32.4. The van der Waals surface area contributed by atoms with Gasteiger partial charge in [-0.25, -0.2) is 0 Å². The number of ether oxygens (including phenoxy) is 1. The highest BCUT2D eigenvalue weighted by molar-refractivity contribution is 6.10. The van der Waals surface area contributed by atoms with Crippen LogP contribution in [-0.4, -0.2) is 77.3 Å². The number of aryl methyl sites for hydroxylation is 1. The highest BCUT2D eigenvalue weighted by Crippen LogP contribution is 2.34. The monoisotopic (exact) mass is 612 g/mol. The number of nitrogens with two attached hydrogens (primary N) is 1. The standard InChI is InChI=1S/C32H39F3N6O3/c1-21-9-10-24(37-30(42)22-17-23(32(33,34)35)19-25(18-22)41-13-15-44-16-14-41)20-27(21)38-31(43)26-7-5-8-28(29(26)36)40(4)12-6-11-39(2)3/h5,7-10,17-20H,6,11-16,36H2,1-4H3,(H,37,42)(H,38,43). The molecule has 1 aliphatic rings. The molecule has 0 aromatic heterocycles. The van der Waals surface area contributed by atoms with Gasteiger partial charge in [0.05, 0.1) is 35.7 Å². The SMILES string of the molecule is Cc1ccc(NC(=O)c2cc(N3CCOCC3)cc(C(F)(F)F)c2)cc1NC(=O)c1cccc(N(C)CCCN(C)C)c1N. The quantitative estimate of drug-likeness (QED) is 0.266. The second-order valence-corrected chi connectivity index (χ2v) is 11.1. The zero-order valence-corrected chi connectivity index (χ0v) is 25.4. The van der Waals surface area contributed by atoms with Gasteiger partial charge in [-0.3, -0.25) is 9.59 Å². The fourth-order valence-electron chi connectivity index (χ4n) is 4.97. The summed E-state index contributed by atoms with van der Waals surface area (Å²) in [6, 6.07) is 13.5. The van der Waals surface area contributed by atoms with Crippen molar-refractivity contribution in [2.45, 2.75) is 19.5 Å². The fourth-order valence-corrected chi connectivity index (χ4v) is 4.97. The lowest BCUT2D eigenvalue weighted by Gasteiger charge is -2.29. The van der Waals surface area contributed by atoms with Gasteiger partial charge in [0.15, 0.2) is 0 Å². The van der Waals surface area contributed by atoms with Crippen molar-refractivity contribution in [2.75, 3.05) is 86.7 Å². The van der Waals surface area contributed by atoms with Crippen molar-refractivity contribution in [1.29, 1.82) is 0 Å². The van der Waals surface area contributed by atoms with Gasteiger partial charge in [0.1, 0.15) is 0 Å². The zero-order chi connectivity index (χ0) is 32.0. The molecule has 236 valence electrons. The number of alkyl halides is 3. The second kappa shape index (κ2) is 14.0. The van der Waals surface area contributed by atoms with Gasteiger partial charge < -0.3 is 35.8 Å². The van der Waals surface area contributed by atoms with Crippen molar-refractivity contribution in [3.8, 4) is 0 Å². The van der Waals surface area contributed by atoms with E-state index in [9.17, 15) is 22.8 Å². The zero-order valence-electron chi connectivity index (χ0n) is 25.4. The molecule has 0 unspecified atom stereocenters. The molecule has 3 aromatic rings. The highest BCUT2D eigenvalue weighted by Gasteiger charge is 2.32. The first-order valence-electron chi connectivity index (χ1n) is 14.4. The van der Waals surface area contributed by atoms with Crippen LogP contribution in [0.3, 0.4) is 0 Å². The largest absolute Gasteiger partial charge is 0.416 e. The average Bonchev–Trinajstić information content (AvgIpc) is 2.98. The fraction of sp³-hybridized carbons (Fsp3) is 0.375. The number of anilines is 5. The molecule has 0 aliphatic carbocycles. The first-order valence-corrected chi connectivity index (χ1v) is 14.4. The number of halogens is 3. The Morgan fingerprint density at radius 1 is 0.955 bits per heavy atom. The number of hydrogen-bond donors (Lipinski definition) is 3. The van der Waals surface area contributed by atoms with Crippen molar-refractivity contribution >= 4 is 40.3 Å². The third kappa shape index (κ3) is 8.20. The van der Waals surface area contributed by atoms with Crippen molar-refractivity contribution < 1.29 is 27.5 Å². The summed E-state index contributed by atoms with van der Waals surface area (Å²) in [5.41, 5.74) is 8.52. The molecule has 3 aromatic carbocycles. The number of hydrogen-bond acceptors (Lipinski definition) is 7. The van der Waals surface area contributed by atoms with E-state index in [4.69, 9.17) is 10.5 Å². The second-order valence-electron chi connectivity index (χ2n) is 11.1. The Hall–Kier alpha value is -4.29. The Kier molecular flexibility index (Phi) is 10.4. The van der Waals surface area contributed by atoms with E-state index < -0.39 is 23.6 Å². The number of benzene rings is 3. The normalized spacial score (nSPS) is 13.6. The van der Waals surface area contributed by atoms with Crippen LogP contribution in [0.5, 0.6) is 0 Å². The number of nitrogen functional groups attached to an aromatic ring is 1. The molecule has 4 N–H and O–H groups in total. The van der Waals surface area contributed by atoms with E-state index in [1.165, 1.54) is 6.07 Å². The Labute approximate surface area is 255 Å². The molecule has 0 saturated carbocycles. The lowest BCUT2D eigenvalue weighted by molar-refractivity contribution is -0.137. The van der Waals surface area contributed by atoms with Crippen molar-refractivity contribution in [1.82, 2.24) is 4.90 Å². The summed E-state index contributed by atoms with van der Waals surface area (Å²) >= 11 is 0. The maximum absolute atomic E-state index is 13.7. The van der Waals surface area contributed by atoms with Crippen molar-refractivity contribution in [2.24, 2.45) is 0 Å². The number of carbonyl (C=O) groups excluding carboxylic acids is 2. The van der Waals surface area contributed by atoms with Gasteiger partial charge in [-0.2, -0.15) is 13.2 Å². The Morgan fingerprint density at radius 3 is 2.36 bits per heavy atom. The minimum atomic E-state index is -4.63.